The van der Waals surface area contributed by atoms with Gasteiger partial charge in [0, 0.05) is 31.5 Å². The van der Waals surface area contributed by atoms with Crippen molar-refractivity contribution in [1.29, 1.82) is 0 Å². The van der Waals surface area contributed by atoms with Crippen molar-refractivity contribution in [3.8, 4) is 0 Å². The molecule has 20 heavy (non-hydrogen) atoms. The first-order valence-corrected chi connectivity index (χ1v) is 7.22. The minimum atomic E-state index is 0.162. The van der Waals surface area contributed by atoms with Crippen molar-refractivity contribution in [2.45, 2.75) is 13.0 Å². The van der Waals surface area contributed by atoms with Crippen LogP contribution in [-0.2, 0) is 0 Å². The summed E-state index contributed by atoms with van der Waals surface area (Å²) in [6, 6.07) is 14.2. The van der Waals surface area contributed by atoms with Gasteiger partial charge in [-0.3, -0.25) is 0 Å². The molecule has 0 spiro atoms. The van der Waals surface area contributed by atoms with E-state index in [1.165, 1.54) is 5.69 Å². The quantitative estimate of drug-likeness (QED) is 0.831. The third-order valence-corrected chi connectivity index (χ3v) is 3.95. The van der Waals surface area contributed by atoms with Crippen LogP contribution in [0.4, 0.5) is 11.4 Å². The Morgan fingerprint density at radius 3 is 2.15 bits per heavy atom. The zero-order valence-electron chi connectivity index (χ0n) is 11.8. The molecule has 1 N–H and O–H groups in total. The zero-order chi connectivity index (χ0) is 14.7. The Balaban J connectivity index is 2.10. The number of halogens is 2. The third-order valence-electron chi connectivity index (χ3n) is 3.21. The van der Waals surface area contributed by atoms with Gasteiger partial charge < -0.3 is 10.2 Å². The van der Waals surface area contributed by atoms with Gasteiger partial charge in [-0.05, 0) is 48.9 Å². The first-order chi connectivity index (χ1) is 9.47. The van der Waals surface area contributed by atoms with Crippen molar-refractivity contribution in [3.63, 3.8) is 0 Å². The van der Waals surface area contributed by atoms with E-state index in [1.54, 1.807) is 0 Å². The van der Waals surface area contributed by atoms with Crippen LogP contribution in [-0.4, -0.2) is 14.1 Å². The summed E-state index contributed by atoms with van der Waals surface area (Å²) in [5.41, 5.74) is 3.36. The first-order valence-electron chi connectivity index (χ1n) is 6.46. The van der Waals surface area contributed by atoms with E-state index in [-0.39, 0.29) is 6.04 Å². The number of hydrogen-bond acceptors (Lipinski definition) is 2. The molecular weight excluding hydrogens is 291 g/mol. The molecule has 4 heteroatoms. The van der Waals surface area contributed by atoms with Crippen LogP contribution in [0.3, 0.4) is 0 Å². The summed E-state index contributed by atoms with van der Waals surface area (Å²) in [5.74, 6) is 0. The monoisotopic (exact) mass is 308 g/mol. The maximum absolute atomic E-state index is 6.05. The molecule has 0 aromatic heterocycles. The van der Waals surface area contributed by atoms with Gasteiger partial charge in [0.05, 0.1) is 10.0 Å². The molecule has 1 unspecified atom stereocenters. The highest BCUT2D eigenvalue weighted by Gasteiger charge is 2.07. The van der Waals surface area contributed by atoms with Crippen LogP contribution in [0, 0.1) is 0 Å². The highest BCUT2D eigenvalue weighted by atomic mass is 35.5. The minimum absolute atomic E-state index is 0.162. The number of rotatable bonds is 4. The first kappa shape index (κ1) is 15.0. The second-order valence-electron chi connectivity index (χ2n) is 4.98. The van der Waals surface area contributed by atoms with E-state index in [0.29, 0.717) is 10.0 Å². The number of benzene rings is 2. The molecule has 2 aromatic carbocycles. The van der Waals surface area contributed by atoms with E-state index in [9.17, 15) is 0 Å². The highest BCUT2D eigenvalue weighted by molar-refractivity contribution is 6.42. The molecule has 2 nitrogen and oxygen atoms in total. The average molecular weight is 309 g/mol. The van der Waals surface area contributed by atoms with Crippen molar-refractivity contribution < 1.29 is 0 Å². The van der Waals surface area contributed by atoms with Gasteiger partial charge in [-0.1, -0.05) is 29.3 Å². The summed E-state index contributed by atoms with van der Waals surface area (Å²) < 4.78 is 0. The van der Waals surface area contributed by atoms with Gasteiger partial charge in [-0.25, -0.2) is 0 Å². The van der Waals surface area contributed by atoms with E-state index in [2.05, 4.69) is 41.4 Å². The Bertz CT molecular complexity index is 580. The third kappa shape index (κ3) is 3.59. The standard InChI is InChI=1S/C16H18Cl2N2/c1-11(12-4-9-15(17)16(18)10-12)19-13-5-7-14(8-6-13)20(2)3/h4-11,19H,1-3H3. The van der Waals surface area contributed by atoms with E-state index < -0.39 is 0 Å². The van der Waals surface area contributed by atoms with Crippen molar-refractivity contribution in [3.05, 3.63) is 58.1 Å². The van der Waals surface area contributed by atoms with Gasteiger partial charge in [0.15, 0.2) is 0 Å². The Morgan fingerprint density at radius 2 is 1.60 bits per heavy atom. The lowest BCUT2D eigenvalue weighted by Crippen LogP contribution is -2.09. The SMILES string of the molecule is CC(Nc1ccc(N(C)C)cc1)c1ccc(Cl)c(Cl)c1. The van der Waals surface area contributed by atoms with Crippen molar-refractivity contribution in [2.24, 2.45) is 0 Å². The van der Waals surface area contributed by atoms with E-state index in [4.69, 9.17) is 23.2 Å². The molecule has 0 fully saturated rings. The molecule has 2 rings (SSSR count). The molecule has 2 aromatic rings. The Labute approximate surface area is 130 Å². The fourth-order valence-corrected chi connectivity index (χ4v) is 2.28. The molecule has 0 radical (unpaired) electrons. The maximum atomic E-state index is 6.05. The molecular formula is C16H18Cl2N2. The lowest BCUT2D eigenvalue weighted by Gasteiger charge is -2.18. The van der Waals surface area contributed by atoms with Gasteiger partial charge in [-0.15, -0.1) is 0 Å². The van der Waals surface area contributed by atoms with E-state index in [0.717, 1.165) is 11.3 Å². The van der Waals surface area contributed by atoms with Crippen LogP contribution in [0.1, 0.15) is 18.5 Å². The van der Waals surface area contributed by atoms with Crippen molar-refractivity contribution in [2.75, 3.05) is 24.3 Å². The Morgan fingerprint density at radius 1 is 0.950 bits per heavy atom. The molecule has 0 saturated heterocycles. The van der Waals surface area contributed by atoms with Crippen LogP contribution in [0.25, 0.3) is 0 Å². The second kappa shape index (κ2) is 6.38. The fraction of sp³-hybridized carbons (Fsp3) is 0.250. The summed E-state index contributed by atoms with van der Waals surface area (Å²) in [5, 5.41) is 4.62. The van der Waals surface area contributed by atoms with Crippen LogP contribution < -0.4 is 10.2 Å². The molecule has 0 bridgehead atoms. The Kier molecular flexibility index (Phi) is 4.79. The highest BCUT2D eigenvalue weighted by Crippen LogP contribution is 2.27. The smallest absolute Gasteiger partial charge is 0.0595 e. The average Bonchev–Trinajstić information content (AvgIpc) is 2.42. The molecule has 0 heterocycles. The summed E-state index contributed by atoms with van der Waals surface area (Å²) in [4.78, 5) is 2.08. The number of nitrogens with zero attached hydrogens (tertiary/aromatic N) is 1. The molecule has 106 valence electrons. The summed E-state index contributed by atoms with van der Waals surface area (Å²) >= 11 is 12.0. The van der Waals surface area contributed by atoms with Gasteiger partial charge in [0.1, 0.15) is 0 Å². The number of nitrogens with one attached hydrogen (secondary N) is 1. The minimum Gasteiger partial charge on any atom is -0.379 e. The van der Waals surface area contributed by atoms with Crippen molar-refractivity contribution >= 4 is 34.6 Å². The largest absolute Gasteiger partial charge is 0.379 e. The molecule has 0 aliphatic carbocycles. The summed E-state index contributed by atoms with van der Waals surface area (Å²) in [7, 11) is 4.06. The Hall–Kier alpha value is -1.38. The van der Waals surface area contributed by atoms with Gasteiger partial charge >= 0.3 is 0 Å². The van der Waals surface area contributed by atoms with Crippen LogP contribution in [0.15, 0.2) is 42.5 Å². The zero-order valence-corrected chi connectivity index (χ0v) is 13.3. The van der Waals surface area contributed by atoms with Gasteiger partial charge in [0.2, 0.25) is 0 Å². The van der Waals surface area contributed by atoms with Crippen LogP contribution in [0.2, 0.25) is 10.0 Å². The number of anilines is 2. The normalized spacial score (nSPS) is 12.1. The number of hydrogen-bond donors (Lipinski definition) is 1. The molecule has 1 atom stereocenters. The summed E-state index contributed by atoms with van der Waals surface area (Å²) in [6.07, 6.45) is 0. The van der Waals surface area contributed by atoms with Crippen LogP contribution >= 0.6 is 23.2 Å². The van der Waals surface area contributed by atoms with Gasteiger partial charge in [0.25, 0.3) is 0 Å². The fourth-order valence-electron chi connectivity index (χ4n) is 1.97. The lowest BCUT2D eigenvalue weighted by molar-refractivity contribution is 0.885. The van der Waals surface area contributed by atoms with Crippen molar-refractivity contribution in [1.82, 2.24) is 0 Å². The molecule has 0 saturated carbocycles. The lowest BCUT2D eigenvalue weighted by atomic mass is 10.1. The predicted octanol–water partition coefficient (Wildman–Crippen LogP) is 5.23. The van der Waals surface area contributed by atoms with Gasteiger partial charge in [-0.2, -0.15) is 0 Å². The predicted molar refractivity (Wildman–Crippen MR) is 89.3 cm³/mol. The maximum Gasteiger partial charge on any atom is 0.0595 e. The van der Waals surface area contributed by atoms with Crippen LogP contribution in [0.5, 0.6) is 0 Å². The molecule has 0 amide bonds. The van der Waals surface area contributed by atoms with E-state index in [1.807, 2.05) is 32.3 Å². The van der Waals surface area contributed by atoms with E-state index >= 15 is 0 Å². The molecule has 0 aliphatic heterocycles. The topological polar surface area (TPSA) is 15.3 Å². The second-order valence-corrected chi connectivity index (χ2v) is 5.80. The molecule has 0 aliphatic rings. The summed E-state index contributed by atoms with van der Waals surface area (Å²) in [6.45, 7) is 2.10.